The number of H-pyrrole nitrogens is 1. The van der Waals surface area contributed by atoms with Crippen LogP contribution in [0.3, 0.4) is 0 Å². The van der Waals surface area contributed by atoms with E-state index in [4.69, 9.17) is 0 Å². The number of imidazole rings is 1. The van der Waals surface area contributed by atoms with Crippen molar-refractivity contribution < 1.29 is 9.59 Å². The quantitative estimate of drug-likeness (QED) is 0.564. The van der Waals surface area contributed by atoms with Gasteiger partial charge >= 0.3 is 0 Å². The number of hydrogen-bond acceptors (Lipinski definition) is 3. The van der Waals surface area contributed by atoms with E-state index in [0.29, 0.717) is 12.1 Å². The Morgan fingerprint density at radius 1 is 1.07 bits per heavy atom. The van der Waals surface area contributed by atoms with E-state index in [1.165, 1.54) is 0 Å². The first-order valence-corrected chi connectivity index (χ1v) is 9.32. The van der Waals surface area contributed by atoms with Crippen LogP contribution in [0.2, 0.25) is 0 Å². The Balaban J connectivity index is 1.23. The Morgan fingerprint density at radius 3 is 2.59 bits per heavy atom. The van der Waals surface area contributed by atoms with Crippen molar-refractivity contribution in [2.24, 2.45) is 5.92 Å². The van der Waals surface area contributed by atoms with Gasteiger partial charge in [-0.2, -0.15) is 0 Å². The van der Waals surface area contributed by atoms with Gasteiger partial charge in [-0.05, 0) is 55.7 Å². The molecule has 1 heterocycles. The predicted molar refractivity (Wildman–Crippen MR) is 105 cm³/mol. The summed E-state index contributed by atoms with van der Waals surface area (Å²) in [6.45, 7) is 0.579. The molecule has 2 aromatic carbocycles. The number of fused-ring (bicyclic) bond motifs is 1. The maximum Gasteiger partial charge on any atom is 0.251 e. The second-order valence-electron chi connectivity index (χ2n) is 6.90. The van der Waals surface area contributed by atoms with Gasteiger partial charge in [-0.25, -0.2) is 4.98 Å². The molecule has 3 N–H and O–H groups in total. The standard InChI is InChI=1S/C21H22N4O2/c26-20(14-9-11-16(12-10-14)23-21(27)15-7-8-15)22-13-3-6-19-24-17-4-1-2-5-18(17)25-19/h1-2,4-5,9-12,15H,3,6-8,13H2,(H,22,26)(H,23,27)(H,24,25). The second-order valence-corrected chi connectivity index (χ2v) is 6.90. The number of anilines is 1. The fourth-order valence-electron chi connectivity index (χ4n) is 2.98. The van der Waals surface area contributed by atoms with Gasteiger partial charge in [0, 0.05) is 30.1 Å². The summed E-state index contributed by atoms with van der Waals surface area (Å²) in [4.78, 5) is 31.8. The van der Waals surface area contributed by atoms with Crippen LogP contribution in [-0.4, -0.2) is 28.3 Å². The highest BCUT2D eigenvalue weighted by atomic mass is 16.2. The minimum Gasteiger partial charge on any atom is -0.352 e. The number of carbonyl (C=O) groups excluding carboxylic acids is 2. The average Bonchev–Trinajstić information content (AvgIpc) is 3.45. The number of carbonyl (C=O) groups is 2. The Morgan fingerprint density at radius 2 is 1.85 bits per heavy atom. The molecule has 0 aliphatic heterocycles. The molecule has 1 saturated carbocycles. The van der Waals surface area contributed by atoms with Crippen molar-refractivity contribution in [2.45, 2.75) is 25.7 Å². The molecule has 0 saturated heterocycles. The van der Waals surface area contributed by atoms with Crippen molar-refractivity contribution in [1.82, 2.24) is 15.3 Å². The van der Waals surface area contributed by atoms with Gasteiger partial charge in [0.05, 0.1) is 11.0 Å². The van der Waals surface area contributed by atoms with E-state index in [0.717, 1.165) is 48.2 Å². The van der Waals surface area contributed by atoms with E-state index in [2.05, 4.69) is 20.6 Å². The number of aryl methyl sites for hydroxylation is 1. The zero-order chi connectivity index (χ0) is 18.6. The zero-order valence-corrected chi connectivity index (χ0v) is 15.0. The van der Waals surface area contributed by atoms with Gasteiger partial charge in [0.1, 0.15) is 5.82 Å². The fourth-order valence-corrected chi connectivity index (χ4v) is 2.98. The van der Waals surface area contributed by atoms with Crippen LogP contribution < -0.4 is 10.6 Å². The number of hydrogen-bond donors (Lipinski definition) is 3. The minimum atomic E-state index is -0.111. The van der Waals surface area contributed by atoms with Gasteiger partial charge < -0.3 is 15.6 Å². The lowest BCUT2D eigenvalue weighted by atomic mass is 10.2. The molecule has 2 amide bonds. The van der Waals surface area contributed by atoms with Crippen LogP contribution in [0.1, 0.15) is 35.4 Å². The van der Waals surface area contributed by atoms with Crippen LogP contribution >= 0.6 is 0 Å². The third kappa shape index (κ3) is 4.34. The van der Waals surface area contributed by atoms with Crippen molar-refractivity contribution in [3.05, 3.63) is 59.9 Å². The smallest absolute Gasteiger partial charge is 0.251 e. The fraction of sp³-hybridized carbons (Fsp3) is 0.286. The summed E-state index contributed by atoms with van der Waals surface area (Å²) in [5.41, 5.74) is 3.31. The molecule has 0 bridgehead atoms. The summed E-state index contributed by atoms with van der Waals surface area (Å²) in [5.74, 6) is 1.05. The van der Waals surface area contributed by atoms with Gasteiger partial charge in [0.2, 0.25) is 5.91 Å². The number of nitrogens with zero attached hydrogens (tertiary/aromatic N) is 1. The number of aromatic nitrogens is 2. The van der Waals surface area contributed by atoms with E-state index < -0.39 is 0 Å². The molecule has 138 valence electrons. The molecule has 6 heteroatoms. The Bertz CT molecular complexity index is 925. The van der Waals surface area contributed by atoms with Gasteiger partial charge in [-0.3, -0.25) is 9.59 Å². The highest BCUT2D eigenvalue weighted by Gasteiger charge is 2.29. The number of amides is 2. The van der Waals surface area contributed by atoms with E-state index in [1.807, 2.05) is 24.3 Å². The highest BCUT2D eigenvalue weighted by Crippen LogP contribution is 2.30. The topological polar surface area (TPSA) is 86.9 Å². The number of nitrogens with one attached hydrogen (secondary N) is 3. The molecule has 1 aliphatic rings. The largest absolute Gasteiger partial charge is 0.352 e. The van der Waals surface area contributed by atoms with Gasteiger partial charge in [-0.15, -0.1) is 0 Å². The van der Waals surface area contributed by atoms with Gasteiger partial charge in [0.15, 0.2) is 0 Å². The van der Waals surface area contributed by atoms with Crippen LogP contribution in [0.25, 0.3) is 11.0 Å². The highest BCUT2D eigenvalue weighted by molar-refractivity contribution is 5.96. The van der Waals surface area contributed by atoms with Crippen molar-refractivity contribution in [1.29, 1.82) is 0 Å². The Kier molecular flexibility index (Phi) is 4.87. The lowest BCUT2D eigenvalue weighted by Crippen LogP contribution is -2.24. The summed E-state index contributed by atoms with van der Waals surface area (Å²) in [7, 11) is 0. The average molecular weight is 362 g/mol. The maximum absolute atomic E-state index is 12.2. The summed E-state index contributed by atoms with van der Waals surface area (Å²) in [6, 6.07) is 14.9. The molecule has 1 aromatic heterocycles. The zero-order valence-electron chi connectivity index (χ0n) is 15.0. The van der Waals surface area contributed by atoms with E-state index >= 15 is 0 Å². The summed E-state index contributed by atoms with van der Waals surface area (Å²) >= 11 is 0. The van der Waals surface area contributed by atoms with Gasteiger partial charge in [-0.1, -0.05) is 12.1 Å². The predicted octanol–water partition coefficient (Wildman–Crippen LogP) is 3.27. The third-order valence-corrected chi connectivity index (χ3v) is 4.68. The minimum absolute atomic E-state index is 0.0674. The van der Waals surface area contributed by atoms with Crippen LogP contribution in [0.4, 0.5) is 5.69 Å². The van der Waals surface area contributed by atoms with Crippen LogP contribution in [-0.2, 0) is 11.2 Å². The van der Waals surface area contributed by atoms with Crippen LogP contribution in [0.5, 0.6) is 0 Å². The lowest BCUT2D eigenvalue weighted by Gasteiger charge is -2.07. The molecule has 27 heavy (non-hydrogen) atoms. The SMILES string of the molecule is O=C(NCCCc1nc2ccccc2[nH]1)c1ccc(NC(=O)C2CC2)cc1. The molecule has 0 unspecified atom stereocenters. The van der Waals surface area contributed by atoms with Crippen molar-refractivity contribution in [3.63, 3.8) is 0 Å². The number of aromatic amines is 1. The summed E-state index contributed by atoms with van der Waals surface area (Å²) < 4.78 is 0. The Labute approximate surface area is 157 Å². The molecule has 3 aromatic rings. The van der Waals surface area contributed by atoms with Crippen LogP contribution in [0, 0.1) is 5.92 Å². The molecule has 0 atom stereocenters. The first kappa shape index (κ1) is 17.3. The van der Waals surface area contributed by atoms with Gasteiger partial charge in [0.25, 0.3) is 5.91 Å². The molecular weight excluding hydrogens is 340 g/mol. The molecular formula is C21H22N4O2. The second kappa shape index (κ2) is 7.61. The first-order valence-electron chi connectivity index (χ1n) is 9.32. The third-order valence-electron chi connectivity index (χ3n) is 4.68. The molecule has 6 nitrogen and oxygen atoms in total. The molecule has 0 spiro atoms. The lowest BCUT2D eigenvalue weighted by molar-refractivity contribution is -0.117. The number of benzene rings is 2. The normalized spacial score (nSPS) is 13.5. The van der Waals surface area contributed by atoms with E-state index in [9.17, 15) is 9.59 Å². The maximum atomic E-state index is 12.2. The van der Waals surface area contributed by atoms with Crippen LogP contribution in [0.15, 0.2) is 48.5 Å². The van der Waals surface area contributed by atoms with E-state index in [1.54, 1.807) is 24.3 Å². The monoisotopic (exact) mass is 362 g/mol. The summed E-state index contributed by atoms with van der Waals surface area (Å²) in [6.07, 6.45) is 3.53. The number of para-hydroxylation sites is 2. The van der Waals surface area contributed by atoms with E-state index in [-0.39, 0.29) is 17.7 Å². The van der Waals surface area contributed by atoms with Crippen molar-refractivity contribution in [2.75, 3.05) is 11.9 Å². The molecule has 1 aliphatic carbocycles. The Hall–Kier alpha value is -3.15. The molecule has 0 radical (unpaired) electrons. The molecule has 4 rings (SSSR count). The first-order chi connectivity index (χ1) is 13.2. The summed E-state index contributed by atoms with van der Waals surface area (Å²) in [5, 5.41) is 5.79. The van der Waals surface area contributed by atoms with Crippen molar-refractivity contribution >= 4 is 28.5 Å². The molecule has 1 fully saturated rings. The number of rotatable bonds is 7. The van der Waals surface area contributed by atoms with Crippen molar-refractivity contribution in [3.8, 4) is 0 Å².